The summed E-state index contributed by atoms with van der Waals surface area (Å²) in [4.78, 5) is 0. The highest BCUT2D eigenvalue weighted by atomic mass is 32.2. The Kier molecular flexibility index (Phi) is 3.68. The summed E-state index contributed by atoms with van der Waals surface area (Å²) in [7, 11) is -3.64. The zero-order valence-electron chi connectivity index (χ0n) is 10.7. The van der Waals surface area contributed by atoms with Gasteiger partial charge in [-0.3, -0.25) is 0 Å². The lowest BCUT2D eigenvalue weighted by molar-refractivity contribution is 0.234. The van der Waals surface area contributed by atoms with Crippen LogP contribution in [0, 0.1) is 0 Å². The molecule has 2 aromatic rings. The van der Waals surface area contributed by atoms with Gasteiger partial charge in [-0.05, 0) is 47.4 Å². The van der Waals surface area contributed by atoms with E-state index in [0.717, 1.165) is 18.4 Å². The molecule has 2 heterocycles. The summed E-state index contributed by atoms with van der Waals surface area (Å²) in [5.74, 6) is 0.259. The van der Waals surface area contributed by atoms with Gasteiger partial charge in [-0.1, -0.05) is 0 Å². The molecule has 1 fully saturated rings. The molecule has 20 heavy (non-hydrogen) atoms. The van der Waals surface area contributed by atoms with Gasteiger partial charge in [-0.2, -0.15) is 15.6 Å². The van der Waals surface area contributed by atoms with Crippen LogP contribution < -0.4 is 0 Å². The molecule has 7 heteroatoms. The van der Waals surface area contributed by atoms with E-state index in [1.165, 1.54) is 16.4 Å². The highest BCUT2D eigenvalue weighted by molar-refractivity contribution is 7.89. The van der Waals surface area contributed by atoms with E-state index in [9.17, 15) is 8.42 Å². The molecule has 0 amide bonds. The third-order valence-corrected chi connectivity index (χ3v) is 5.73. The van der Waals surface area contributed by atoms with Crippen molar-refractivity contribution < 1.29 is 17.9 Å². The van der Waals surface area contributed by atoms with E-state index in [0.29, 0.717) is 6.54 Å². The normalized spacial score (nSPS) is 15.9. The first-order valence-electron chi connectivity index (χ1n) is 6.34. The molecular formula is C13H15NO4S2. The van der Waals surface area contributed by atoms with Crippen molar-refractivity contribution in [2.24, 2.45) is 0 Å². The topological polar surface area (TPSA) is 70.8 Å². The van der Waals surface area contributed by atoms with Crippen LogP contribution in [0.1, 0.15) is 24.2 Å². The van der Waals surface area contributed by atoms with Crippen molar-refractivity contribution in [3.8, 4) is 0 Å². The summed E-state index contributed by atoms with van der Waals surface area (Å²) in [6, 6.07) is 4.88. The second kappa shape index (κ2) is 5.33. The number of rotatable bonds is 6. The van der Waals surface area contributed by atoms with Gasteiger partial charge in [0, 0.05) is 12.6 Å². The van der Waals surface area contributed by atoms with Crippen LogP contribution in [0.2, 0.25) is 0 Å². The number of furan rings is 1. The minimum atomic E-state index is -3.64. The van der Waals surface area contributed by atoms with Gasteiger partial charge in [-0.15, -0.1) is 0 Å². The van der Waals surface area contributed by atoms with Crippen LogP contribution in [0.15, 0.2) is 38.5 Å². The minimum Gasteiger partial charge on any atom is -0.446 e. The second-order valence-corrected chi connectivity index (χ2v) is 7.39. The highest BCUT2D eigenvalue weighted by Gasteiger charge is 2.39. The van der Waals surface area contributed by atoms with Crippen LogP contribution >= 0.6 is 11.3 Å². The number of nitrogens with zero attached hydrogens (tertiary/aromatic N) is 1. The van der Waals surface area contributed by atoms with Gasteiger partial charge in [0.05, 0.1) is 0 Å². The molecule has 0 unspecified atom stereocenters. The zero-order valence-corrected chi connectivity index (χ0v) is 12.4. The Morgan fingerprint density at radius 3 is 2.70 bits per heavy atom. The summed E-state index contributed by atoms with van der Waals surface area (Å²) >= 11 is 1.55. The van der Waals surface area contributed by atoms with Crippen molar-refractivity contribution in [3.05, 3.63) is 40.3 Å². The Morgan fingerprint density at radius 1 is 1.35 bits per heavy atom. The summed E-state index contributed by atoms with van der Waals surface area (Å²) in [6.45, 7) is 0.0646. The third-order valence-electron chi connectivity index (χ3n) is 3.23. The predicted molar refractivity (Wildman–Crippen MR) is 74.7 cm³/mol. The fraction of sp³-hybridized carbons (Fsp3) is 0.385. The van der Waals surface area contributed by atoms with Crippen LogP contribution in [-0.2, 0) is 23.2 Å². The van der Waals surface area contributed by atoms with E-state index in [1.54, 1.807) is 11.3 Å². The smallest absolute Gasteiger partial charge is 0.277 e. The second-order valence-electron chi connectivity index (χ2n) is 4.79. The molecule has 0 radical (unpaired) electrons. The maximum atomic E-state index is 12.6. The Balaban J connectivity index is 1.89. The largest absolute Gasteiger partial charge is 0.446 e. The lowest BCUT2D eigenvalue weighted by Gasteiger charge is -2.19. The van der Waals surface area contributed by atoms with Crippen molar-refractivity contribution >= 4 is 21.4 Å². The molecule has 0 aromatic carbocycles. The Bertz CT molecular complexity index is 671. The molecule has 5 nitrogen and oxygen atoms in total. The minimum absolute atomic E-state index is 0.0579. The molecule has 3 rings (SSSR count). The summed E-state index contributed by atoms with van der Waals surface area (Å²) in [6.07, 6.45) is 1.77. The van der Waals surface area contributed by atoms with E-state index in [1.807, 2.05) is 16.8 Å². The number of aliphatic hydroxyl groups excluding tert-OH is 1. The molecule has 1 N–H and O–H groups in total. The first kappa shape index (κ1) is 13.8. The van der Waals surface area contributed by atoms with Crippen LogP contribution in [0.5, 0.6) is 0 Å². The lowest BCUT2D eigenvalue weighted by atomic mass is 10.3. The van der Waals surface area contributed by atoms with Crippen LogP contribution in [-0.4, -0.2) is 23.9 Å². The fourth-order valence-electron chi connectivity index (χ4n) is 2.03. The van der Waals surface area contributed by atoms with E-state index < -0.39 is 10.0 Å². The molecule has 0 bridgehead atoms. The molecule has 1 aliphatic rings. The Labute approximate surface area is 121 Å². The van der Waals surface area contributed by atoms with E-state index in [-0.39, 0.29) is 23.5 Å². The lowest BCUT2D eigenvalue weighted by Crippen LogP contribution is -2.32. The number of hydrogen-bond acceptors (Lipinski definition) is 5. The van der Waals surface area contributed by atoms with Gasteiger partial charge in [0.15, 0.2) is 0 Å². The maximum absolute atomic E-state index is 12.6. The summed E-state index contributed by atoms with van der Waals surface area (Å²) < 4.78 is 31.9. The number of aliphatic hydroxyl groups is 1. The average molecular weight is 313 g/mol. The molecule has 0 saturated heterocycles. The molecule has 2 aromatic heterocycles. The van der Waals surface area contributed by atoms with Gasteiger partial charge in [0.2, 0.25) is 5.09 Å². The molecule has 0 aliphatic heterocycles. The van der Waals surface area contributed by atoms with Crippen LogP contribution in [0.4, 0.5) is 0 Å². The quantitative estimate of drug-likeness (QED) is 0.887. The number of thiophene rings is 1. The first-order chi connectivity index (χ1) is 9.61. The number of hydrogen-bond donors (Lipinski definition) is 1. The van der Waals surface area contributed by atoms with Crippen molar-refractivity contribution in [1.29, 1.82) is 0 Å². The SMILES string of the molecule is O=S(=O)(c1ccc(CO)o1)N(Cc1ccsc1)C1CC1. The van der Waals surface area contributed by atoms with E-state index in [2.05, 4.69) is 0 Å². The fourth-order valence-corrected chi connectivity index (χ4v) is 4.30. The van der Waals surface area contributed by atoms with E-state index >= 15 is 0 Å². The van der Waals surface area contributed by atoms with Gasteiger partial charge in [0.25, 0.3) is 10.0 Å². The first-order valence-corrected chi connectivity index (χ1v) is 8.72. The van der Waals surface area contributed by atoms with E-state index in [4.69, 9.17) is 9.52 Å². The molecular weight excluding hydrogens is 298 g/mol. The van der Waals surface area contributed by atoms with Gasteiger partial charge in [-0.25, -0.2) is 8.42 Å². The zero-order chi connectivity index (χ0) is 14.2. The molecule has 1 saturated carbocycles. The van der Waals surface area contributed by atoms with Crippen molar-refractivity contribution in [2.45, 2.75) is 37.1 Å². The average Bonchev–Trinajstić information content (AvgIpc) is 2.96. The Morgan fingerprint density at radius 2 is 2.15 bits per heavy atom. The number of sulfonamides is 1. The van der Waals surface area contributed by atoms with Crippen molar-refractivity contribution in [2.75, 3.05) is 0 Å². The monoisotopic (exact) mass is 313 g/mol. The molecule has 1 aliphatic carbocycles. The molecule has 108 valence electrons. The van der Waals surface area contributed by atoms with Crippen molar-refractivity contribution in [3.63, 3.8) is 0 Å². The third kappa shape index (κ3) is 2.67. The molecule has 0 spiro atoms. The van der Waals surface area contributed by atoms with Gasteiger partial charge >= 0.3 is 0 Å². The van der Waals surface area contributed by atoms with Gasteiger partial charge < -0.3 is 9.52 Å². The van der Waals surface area contributed by atoms with Crippen molar-refractivity contribution in [1.82, 2.24) is 4.31 Å². The maximum Gasteiger partial charge on any atom is 0.277 e. The van der Waals surface area contributed by atoms with Crippen LogP contribution in [0.3, 0.4) is 0 Å². The molecule has 0 atom stereocenters. The van der Waals surface area contributed by atoms with Gasteiger partial charge in [0.1, 0.15) is 12.4 Å². The summed E-state index contributed by atoms with van der Waals surface area (Å²) in [5, 5.41) is 12.8. The van der Waals surface area contributed by atoms with Crippen LogP contribution in [0.25, 0.3) is 0 Å². The Hall–Kier alpha value is -1.15. The predicted octanol–water partition coefficient (Wildman–Crippen LogP) is 2.19. The summed E-state index contributed by atoms with van der Waals surface area (Å²) in [5.41, 5.74) is 0.986. The highest BCUT2D eigenvalue weighted by Crippen LogP contribution is 2.34. The standard InChI is InChI=1S/C13H15NO4S2/c15-8-12-3-4-13(18-12)20(16,17)14(11-1-2-11)7-10-5-6-19-9-10/h3-6,9,11,15H,1-2,7-8H2.